The zero-order chi connectivity index (χ0) is 15.0. The van der Waals surface area contributed by atoms with Gasteiger partial charge in [0.05, 0.1) is 19.5 Å². The minimum atomic E-state index is -3.60. The van der Waals surface area contributed by atoms with E-state index in [4.69, 9.17) is 4.74 Å². The minimum absolute atomic E-state index is 0.0855. The Bertz CT molecular complexity index is 498. The van der Waals surface area contributed by atoms with Gasteiger partial charge in [0.2, 0.25) is 10.0 Å². The Morgan fingerprint density at radius 3 is 2.80 bits per heavy atom. The molecule has 7 nitrogen and oxygen atoms in total. The smallest absolute Gasteiger partial charge is 0.324 e. The third-order valence-corrected chi connectivity index (χ3v) is 3.94. The van der Waals surface area contributed by atoms with Crippen molar-refractivity contribution in [3.8, 4) is 0 Å². The highest BCUT2D eigenvalue weighted by Crippen LogP contribution is 2.04. The zero-order valence-electron chi connectivity index (χ0n) is 11.6. The van der Waals surface area contributed by atoms with Crippen molar-refractivity contribution in [3.05, 3.63) is 24.0 Å². The van der Waals surface area contributed by atoms with E-state index in [0.717, 1.165) is 5.69 Å². The number of hydrogen-bond donors (Lipinski definition) is 2. The van der Waals surface area contributed by atoms with Gasteiger partial charge in [-0.3, -0.25) is 4.79 Å². The van der Waals surface area contributed by atoms with Gasteiger partial charge in [-0.1, -0.05) is 0 Å². The first-order chi connectivity index (χ1) is 9.48. The number of carbonyl (C=O) groups excluding carboxylic acids is 1. The molecule has 0 bridgehead atoms. The fraction of sp³-hybridized carbons (Fsp3) is 0.583. The maximum absolute atomic E-state index is 11.9. The van der Waals surface area contributed by atoms with Gasteiger partial charge in [-0.2, -0.15) is 0 Å². The van der Waals surface area contributed by atoms with Crippen LogP contribution in [0.5, 0.6) is 0 Å². The normalized spacial score (nSPS) is 13.1. The van der Waals surface area contributed by atoms with Gasteiger partial charge in [-0.15, -0.1) is 0 Å². The Hall–Kier alpha value is -1.38. The molecule has 114 valence electrons. The van der Waals surface area contributed by atoms with Crippen LogP contribution in [0.3, 0.4) is 0 Å². The van der Waals surface area contributed by atoms with E-state index in [1.165, 1.54) is 7.11 Å². The molecule has 1 aromatic rings. The number of hydrogen-bond acceptors (Lipinski definition) is 5. The summed E-state index contributed by atoms with van der Waals surface area (Å²) in [5.74, 6) is -0.821. The highest BCUT2D eigenvalue weighted by atomic mass is 32.2. The van der Waals surface area contributed by atoms with Crippen LogP contribution >= 0.6 is 0 Å². The Labute approximate surface area is 118 Å². The molecule has 0 amide bonds. The van der Waals surface area contributed by atoms with Crippen molar-refractivity contribution in [1.82, 2.24) is 9.71 Å². The van der Waals surface area contributed by atoms with Crippen LogP contribution in [-0.4, -0.2) is 51.5 Å². The number of nitrogens with one attached hydrogen (secondary N) is 2. The molecule has 20 heavy (non-hydrogen) atoms. The number of aromatic amines is 1. The van der Waals surface area contributed by atoms with Crippen molar-refractivity contribution in [2.45, 2.75) is 19.4 Å². The van der Waals surface area contributed by atoms with Gasteiger partial charge in [-0.05, 0) is 19.1 Å². The number of sulfonamides is 1. The Morgan fingerprint density at radius 2 is 2.25 bits per heavy atom. The molecule has 1 heterocycles. The summed E-state index contributed by atoms with van der Waals surface area (Å²) in [7, 11) is -2.38. The first-order valence-electron chi connectivity index (χ1n) is 6.26. The lowest BCUT2D eigenvalue weighted by molar-refractivity contribution is -0.142. The molecule has 0 radical (unpaired) electrons. The molecule has 1 atom stereocenters. The summed E-state index contributed by atoms with van der Waals surface area (Å²) in [6.07, 6.45) is 1.90. The summed E-state index contributed by atoms with van der Waals surface area (Å²) in [6.45, 7) is 2.31. The second kappa shape index (κ2) is 8.03. The molecule has 1 aromatic heterocycles. The van der Waals surface area contributed by atoms with Gasteiger partial charge in [0, 0.05) is 24.9 Å². The average Bonchev–Trinajstić information content (AvgIpc) is 2.90. The van der Waals surface area contributed by atoms with Gasteiger partial charge in [0.1, 0.15) is 6.04 Å². The lowest BCUT2D eigenvalue weighted by Crippen LogP contribution is -2.44. The summed E-state index contributed by atoms with van der Waals surface area (Å²) in [5.41, 5.74) is 0.743. The fourth-order valence-electron chi connectivity index (χ4n) is 1.62. The predicted octanol–water partition coefficient (Wildman–Crippen LogP) is 0.0547. The fourth-order valence-corrected chi connectivity index (χ4v) is 2.69. The van der Waals surface area contributed by atoms with Gasteiger partial charge in [0.25, 0.3) is 0 Å². The topological polar surface area (TPSA) is 97.5 Å². The van der Waals surface area contributed by atoms with Gasteiger partial charge in [0.15, 0.2) is 0 Å². The summed E-state index contributed by atoms with van der Waals surface area (Å²) in [6, 6.07) is 2.59. The van der Waals surface area contributed by atoms with Crippen molar-refractivity contribution in [1.29, 1.82) is 0 Å². The van der Waals surface area contributed by atoms with Crippen molar-refractivity contribution < 1.29 is 22.7 Å². The number of esters is 1. The van der Waals surface area contributed by atoms with E-state index in [-0.39, 0.29) is 18.8 Å². The summed E-state index contributed by atoms with van der Waals surface area (Å²) in [4.78, 5) is 14.6. The highest BCUT2D eigenvalue weighted by molar-refractivity contribution is 7.89. The van der Waals surface area contributed by atoms with Gasteiger partial charge >= 0.3 is 5.97 Å². The number of rotatable bonds is 9. The predicted molar refractivity (Wildman–Crippen MR) is 73.7 cm³/mol. The van der Waals surface area contributed by atoms with E-state index in [0.29, 0.717) is 6.61 Å². The number of H-pyrrole nitrogens is 1. The second-order valence-electron chi connectivity index (χ2n) is 4.11. The van der Waals surface area contributed by atoms with E-state index < -0.39 is 22.0 Å². The first-order valence-corrected chi connectivity index (χ1v) is 7.91. The molecule has 8 heteroatoms. The van der Waals surface area contributed by atoms with E-state index in [1.807, 2.05) is 0 Å². The largest absolute Gasteiger partial charge is 0.468 e. The third kappa shape index (κ3) is 5.72. The van der Waals surface area contributed by atoms with Crippen LogP contribution < -0.4 is 4.72 Å². The molecular formula is C12H20N2O5S. The van der Waals surface area contributed by atoms with Crippen LogP contribution in [-0.2, 0) is 30.7 Å². The van der Waals surface area contributed by atoms with E-state index in [1.54, 1.807) is 25.3 Å². The third-order valence-electron chi connectivity index (χ3n) is 2.59. The summed E-state index contributed by atoms with van der Waals surface area (Å²) < 4.78 is 35.7. The van der Waals surface area contributed by atoms with Gasteiger partial charge < -0.3 is 14.5 Å². The Morgan fingerprint density at radius 1 is 1.50 bits per heavy atom. The lowest BCUT2D eigenvalue weighted by Gasteiger charge is -2.16. The van der Waals surface area contributed by atoms with Crippen LogP contribution in [0.2, 0.25) is 0 Å². The summed E-state index contributed by atoms with van der Waals surface area (Å²) in [5, 5.41) is 0. The van der Waals surface area contributed by atoms with Crippen molar-refractivity contribution in [2.24, 2.45) is 0 Å². The molecule has 1 rings (SSSR count). The lowest BCUT2D eigenvalue weighted by atomic mass is 10.2. The standard InChI is InChI=1S/C12H20N2O5S/c1-3-19-7-8-20(16,17)14-11(12(15)18-2)9-10-5-4-6-13-10/h4-6,11,13-14H,3,7-9H2,1-2H3. The molecule has 0 saturated heterocycles. The maximum Gasteiger partial charge on any atom is 0.324 e. The van der Waals surface area contributed by atoms with Crippen LogP contribution in [0.15, 0.2) is 18.3 Å². The number of aromatic nitrogens is 1. The monoisotopic (exact) mass is 304 g/mol. The second-order valence-corrected chi connectivity index (χ2v) is 5.98. The number of carbonyl (C=O) groups is 1. The molecular weight excluding hydrogens is 284 g/mol. The number of methoxy groups -OCH3 is 1. The highest BCUT2D eigenvalue weighted by Gasteiger charge is 2.25. The maximum atomic E-state index is 11.9. The molecule has 1 unspecified atom stereocenters. The average molecular weight is 304 g/mol. The molecule has 0 aliphatic carbocycles. The minimum Gasteiger partial charge on any atom is -0.468 e. The molecule has 0 aliphatic rings. The van der Waals surface area contributed by atoms with Crippen LogP contribution in [0, 0.1) is 0 Å². The van der Waals surface area contributed by atoms with Crippen molar-refractivity contribution in [3.63, 3.8) is 0 Å². The Balaban J connectivity index is 2.66. The molecule has 2 N–H and O–H groups in total. The molecule has 0 saturated carbocycles. The summed E-state index contributed by atoms with van der Waals surface area (Å²) >= 11 is 0. The Kier molecular flexibility index (Phi) is 6.69. The first kappa shape index (κ1) is 16.7. The zero-order valence-corrected chi connectivity index (χ0v) is 12.4. The molecule has 0 aromatic carbocycles. The number of ether oxygens (including phenoxy) is 2. The molecule has 0 fully saturated rings. The van der Waals surface area contributed by atoms with Crippen molar-refractivity contribution in [2.75, 3.05) is 26.1 Å². The molecule has 0 aliphatic heterocycles. The van der Waals surface area contributed by atoms with Crippen LogP contribution in [0.1, 0.15) is 12.6 Å². The quantitative estimate of drug-likeness (QED) is 0.496. The van der Waals surface area contributed by atoms with Crippen LogP contribution in [0.4, 0.5) is 0 Å². The molecule has 0 spiro atoms. The van der Waals surface area contributed by atoms with Gasteiger partial charge in [-0.25, -0.2) is 13.1 Å². The van der Waals surface area contributed by atoms with E-state index in [9.17, 15) is 13.2 Å². The van der Waals surface area contributed by atoms with Crippen molar-refractivity contribution >= 4 is 16.0 Å². The van der Waals surface area contributed by atoms with E-state index >= 15 is 0 Å². The SMILES string of the molecule is CCOCCS(=O)(=O)NC(Cc1ccc[nH]1)C(=O)OC. The van der Waals surface area contributed by atoms with Crippen LogP contribution in [0.25, 0.3) is 0 Å². The van der Waals surface area contributed by atoms with E-state index in [2.05, 4.69) is 14.4 Å².